The molecule has 0 spiro atoms. The summed E-state index contributed by atoms with van der Waals surface area (Å²) in [4.78, 5) is 0. The minimum atomic E-state index is 0.354. The molecule has 0 bridgehead atoms. The van der Waals surface area contributed by atoms with Crippen LogP contribution in [0.1, 0.15) is 5.56 Å². The molecule has 0 heterocycles. The van der Waals surface area contributed by atoms with Crippen molar-refractivity contribution >= 4 is 0 Å². The van der Waals surface area contributed by atoms with E-state index in [1.807, 2.05) is 18.2 Å². The van der Waals surface area contributed by atoms with Gasteiger partial charge in [0.15, 0.2) is 11.5 Å². The van der Waals surface area contributed by atoms with Gasteiger partial charge in [0.2, 0.25) is 0 Å². The van der Waals surface area contributed by atoms with Gasteiger partial charge in [0.1, 0.15) is 6.61 Å². The van der Waals surface area contributed by atoms with Crippen molar-refractivity contribution in [1.82, 2.24) is 0 Å². The van der Waals surface area contributed by atoms with Crippen molar-refractivity contribution in [2.45, 2.75) is 6.42 Å². The maximum absolute atomic E-state index is 5.21. The molecule has 0 N–H and O–H groups in total. The molecule has 3 nitrogen and oxygen atoms in total. The van der Waals surface area contributed by atoms with Crippen LogP contribution in [-0.2, 0) is 11.2 Å². The summed E-state index contributed by atoms with van der Waals surface area (Å²) < 4.78 is 15.6. The largest absolute Gasteiger partial charge is 0.493 e. The number of methoxy groups -OCH3 is 2. The summed E-state index contributed by atoms with van der Waals surface area (Å²) in [6.07, 6.45) is 5.89. The van der Waals surface area contributed by atoms with E-state index in [1.54, 1.807) is 14.2 Å². The van der Waals surface area contributed by atoms with Crippen molar-refractivity contribution in [1.29, 1.82) is 0 Å². The number of hydrogen-bond donors (Lipinski definition) is 0. The molecule has 3 heteroatoms. The molecule has 0 aliphatic heterocycles. The van der Waals surface area contributed by atoms with Crippen molar-refractivity contribution in [3.05, 3.63) is 23.8 Å². The van der Waals surface area contributed by atoms with Crippen LogP contribution in [0.25, 0.3) is 0 Å². The zero-order valence-corrected chi connectivity index (χ0v) is 9.66. The predicted molar refractivity (Wildman–Crippen MR) is 62.9 cm³/mol. The first kappa shape index (κ1) is 12.4. The summed E-state index contributed by atoms with van der Waals surface area (Å²) in [5, 5.41) is 0. The molecule has 0 atom stereocenters. The molecule has 0 aromatic heterocycles. The first-order valence-corrected chi connectivity index (χ1v) is 5.04. The van der Waals surface area contributed by atoms with Gasteiger partial charge in [0, 0.05) is 0 Å². The maximum Gasteiger partial charge on any atom is 0.160 e. The lowest BCUT2D eigenvalue weighted by atomic mass is 10.1. The van der Waals surface area contributed by atoms with E-state index in [4.69, 9.17) is 20.6 Å². The van der Waals surface area contributed by atoms with Gasteiger partial charge >= 0.3 is 0 Å². The summed E-state index contributed by atoms with van der Waals surface area (Å²) >= 11 is 0. The predicted octanol–water partition coefficient (Wildman–Crippen LogP) is 1.90. The molecule has 16 heavy (non-hydrogen) atoms. The van der Waals surface area contributed by atoms with E-state index < -0.39 is 0 Å². The van der Waals surface area contributed by atoms with Gasteiger partial charge in [-0.1, -0.05) is 12.0 Å². The molecule has 0 saturated carbocycles. The molecule has 86 valence electrons. The van der Waals surface area contributed by atoms with Crippen LogP contribution in [0.3, 0.4) is 0 Å². The number of hydrogen-bond acceptors (Lipinski definition) is 3. The van der Waals surface area contributed by atoms with E-state index in [-0.39, 0.29) is 0 Å². The average Bonchev–Trinajstić information content (AvgIpc) is 2.34. The first-order chi connectivity index (χ1) is 7.81. The molecule has 0 aliphatic carbocycles. The Morgan fingerprint density at radius 1 is 1.19 bits per heavy atom. The summed E-state index contributed by atoms with van der Waals surface area (Å²) in [6, 6.07) is 5.81. The lowest BCUT2D eigenvalue weighted by molar-refractivity contribution is 0.170. The summed E-state index contributed by atoms with van der Waals surface area (Å²) in [5.74, 6) is 3.89. The normalized spacial score (nSPS) is 9.56. The molecule has 0 unspecified atom stereocenters. The average molecular weight is 220 g/mol. The van der Waals surface area contributed by atoms with E-state index in [0.29, 0.717) is 13.2 Å². The second-order valence-corrected chi connectivity index (χ2v) is 3.20. The van der Waals surface area contributed by atoms with Gasteiger partial charge in [-0.2, -0.15) is 0 Å². The van der Waals surface area contributed by atoms with Gasteiger partial charge in [-0.15, -0.1) is 6.42 Å². The third-order valence-corrected chi connectivity index (χ3v) is 2.17. The van der Waals surface area contributed by atoms with Crippen LogP contribution in [0.4, 0.5) is 0 Å². The first-order valence-electron chi connectivity index (χ1n) is 5.04. The molecule has 0 fully saturated rings. The highest BCUT2D eigenvalue weighted by atomic mass is 16.5. The highest BCUT2D eigenvalue weighted by Gasteiger charge is 2.03. The van der Waals surface area contributed by atoms with Gasteiger partial charge in [0.05, 0.1) is 20.8 Å². The van der Waals surface area contributed by atoms with Crippen molar-refractivity contribution in [2.75, 3.05) is 27.4 Å². The fraction of sp³-hybridized carbons (Fsp3) is 0.385. The zero-order valence-electron chi connectivity index (χ0n) is 9.66. The van der Waals surface area contributed by atoms with E-state index in [0.717, 1.165) is 23.5 Å². The fourth-order valence-electron chi connectivity index (χ4n) is 1.36. The van der Waals surface area contributed by atoms with E-state index in [1.165, 1.54) is 0 Å². The van der Waals surface area contributed by atoms with Crippen LogP contribution >= 0.6 is 0 Å². The van der Waals surface area contributed by atoms with Crippen molar-refractivity contribution in [2.24, 2.45) is 0 Å². The Labute approximate surface area is 96.3 Å². The Morgan fingerprint density at radius 2 is 1.94 bits per heavy atom. The van der Waals surface area contributed by atoms with Gasteiger partial charge in [-0.3, -0.25) is 0 Å². The molecule has 1 rings (SSSR count). The fourth-order valence-corrected chi connectivity index (χ4v) is 1.36. The number of ether oxygens (including phenoxy) is 3. The smallest absolute Gasteiger partial charge is 0.160 e. The van der Waals surface area contributed by atoms with Crippen LogP contribution in [0.2, 0.25) is 0 Å². The minimum absolute atomic E-state index is 0.354. The van der Waals surface area contributed by atoms with Gasteiger partial charge in [-0.05, 0) is 24.1 Å². The Morgan fingerprint density at radius 3 is 2.56 bits per heavy atom. The Kier molecular flexibility index (Phi) is 5.24. The highest BCUT2D eigenvalue weighted by molar-refractivity contribution is 5.42. The topological polar surface area (TPSA) is 27.7 Å². The van der Waals surface area contributed by atoms with Crippen molar-refractivity contribution in [3.8, 4) is 23.8 Å². The second-order valence-electron chi connectivity index (χ2n) is 3.20. The van der Waals surface area contributed by atoms with E-state index in [9.17, 15) is 0 Å². The quantitative estimate of drug-likeness (QED) is 0.541. The van der Waals surface area contributed by atoms with Crippen LogP contribution < -0.4 is 9.47 Å². The number of rotatable bonds is 6. The van der Waals surface area contributed by atoms with Crippen molar-refractivity contribution < 1.29 is 14.2 Å². The van der Waals surface area contributed by atoms with E-state index in [2.05, 4.69) is 5.92 Å². The Hall–Kier alpha value is -1.66. The standard InChI is InChI=1S/C13H16O3/c1-4-8-16-9-7-11-5-6-12(14-2)13(10-11)15-3/h1,5-6,10H,7-9H2,2-3H3. The number of benzene rings is 1. The third kappa shape index (κ3) is 3.48. The van der Waals surface area contributed by atoms with Crippen LogP contribution in [0.15, 0.2) is 18.2 Å². The van der Waals surface area contributed by atoms with Crippen LogP contribution in [0.5, 0.6) is 11.5 Å². The molecule has 0 amide bonds. The summed E-state index contributed by atoms with van der Waals surface area (Å²) in [5.41, 5.74) is 1.13. The second kappa shape index (κ2) is 6.76. The maximum atomic E-state index is 5.21. The SMILES string of the molecule is C#CCOCCc1ccc(OC)c(OC)c1. The van der Waals surface area contributed by atoms with Gasteiger partial charge < -0.3 is 14.2 Å². The Bertz CT molecular complexity index is 366. The Balaban J connectivity index is 2.58. The highest BCUT2D eigenvalue weighted by Crippen LogP contribution is 2.27. The van der Waals surface area contributed by atoms with Gasteiger partial charge in [-0.25, -0.2) is 0 Å². The third-order valence-electron chi connectivity index (χ3n) is 2.17. The molecule has 0 aliphatic rings. The molecular weight excluding hydrogens is 204 g/mol. The lowest BCUT2D eigenvalue weighted by Crippen LogP contribution is -1.99. The minimum Gasteiger partial charge on any atom is -0.493 e. The van der Waals surface area contributed by atoms with Crippen molar-refractivity contribution in [3.63, 3.8) is 0 Å². The summed E-state index contributed by atoms with van der Waals surface area (Å²) in [7, 11) is 3.24. The molecule has 1 aromatic carbocycles. The van der Waals surface area contributed by atoms with Gasteiger partial charge in [0.25, 0.3) is 0 Å². The number of terminal acetylenes is 1. The molecular formula is C13H16O3. The monoisotopic (exact) mass is 220 g/mol. The van der Waals surface area contributed by atoms with Crippen LogP contribution in [0, 0.1) is 12.3 Å². The summed E-state index contributed by atoms with van der Waals surface area (Å²) in [6.45, 7) is 0.965. The molecule has 0 radical (unpaired) electrons. The molecule has 0 saturated heterocycles. The van der Waals surface area contributed by atoms with E-state index >= 15 is 0 Å². The molecule has 1 aromatic rings. The lowest BCUT2D eigenvalue weighted by Gasteiger charge is -2.09. The van der Waals surface area contributed by atoms with Crippen LogP contribution in [-0.4, -0.2) is 27.4 Å². The zero-order chi connectivity index (χ0) is 11.8.